The predicted octanol–water partition coefficient (Wildman–Crippen LogP) is 0.845. The zero-order chi connectivity index (χ0) is 13.8. The van der Waals surface area contributed by atoms with Crippen LogP contribution in [-0.2, 0) is 4.79 Å². The highest BCUT2D eigenvalue weighted by Crippen LogP contribution is 2.18. The van der Waals surface area contributed by atoms with Gasteiger partial charge in [-0.3, -0.25) is 9.59 Å². The summed E-state index contributed by atoms with van der Waals surface area (Å²) in [6, 6.07) is 3.17. The molecule has 0 saturated heterocycles. The van der Waals surface area contributed by atoms with Gasteiger partial charge in [0, 0.05) is 19.0 Å². The van der Waals surface area contributed by atoms with Gasteiger partial charge in [0.25, 0.3) is 5.91 Å². The molecule has 3 N–H and O–H groups in total. The number of aromatic carboxylic acids is 1. The molecule has 0 atom stereocenters. The summed E-state index contributed by atoms with van der Waals surface area (Å²) in [6.07, 6.45) is 2.30. The van der Waals surface area contributed by atoms with Crippen molar-refractivity contribution < 1.29 is 19.5 Å². The Balaban J connectivity index is 1.73. The van der Waals surface area contributed by atoms with E-state index in [9.17, 15) is 14.4 Å². The second kappa shape index (κ2) is 5.83. The fraction of sp³-hybridized carbons (Fsp3) is 0.417. The molecule has 2 rings (SSSR count). The van der Waals surface area contributed by atoms with Crippen molar-refractivity contribution in [1.82, 2.24) is 10.6 Å². The van der Waals surface area contributed by atoms with Crippen molar-refractivity contribution in [2.45, 2.75) is 25.3 Å². The van der Waals surface area contributed by atoms with Crippen molar-refractivity contribution in [3.8, 4) is 0 Å². The maximum absolute atomic E-state index is 11.7. The van der Waals surface area contributed by atoms with E-state index in [4.69, 9.17) is 5.11 Å². The number of thiophene rings is 1. The fourth-order valence-corrected chi connectivity index (χ4v) is 2.24. The highest BCUT2D eigenvalue weighted by atomic mass is 32.1. The molecule has 0 radical (unpaired) electrons. The Morgan fingerprint density at radius 2 is 1.95 bits per heavy atom. The Bertz CT molecular complexity index is 508. The second-order valence-corrected chi connectivity index (χ2v) is 5.40. The number of carbonyl (C=O) groups excluding carboxylic acids is 2. The minimum Gasteiger partial charge on any atom is -0.477 e. The molecule has 0 aliphatic heterocycles. The topological polar surface area (TPSA) is 95.5 Å². The second-order valence-electron chi connectivity index (χ2n) is 4.32. The molecule has 1 heterocycles. The first-order valence-corrected chi connectivity index (χ1v) is 6.78. The van der Waals surface area contributed by atoms with E-state index < -0.39 is 5.97 Å². The third-order valence-electron chi connectivity index (χ3n) is 2.62. The van der Waals surface area contributed by atoms with Gasteiger partial charge in [0.2, 0.25) is 5.91 Å². The van der Waals surface area contributed by atoms with Crippen LogP contribution in [0.5, 0.6) is 0 Å². The van der Waals surface area contributed by atoms with E-state index in [-0.39, 0.29) is 29.7 Å². The van der Waals surface area contributed by atoms with Gasteiger partial charge in [-0.15, -0.1) is 11.3 Å². The van der Waals surface area contributed by atoms with Gasteiger partial charge in [-0.1, -0.05) is 0 Å². The first-order chi connectivity index (χ1) is 9.06. The predicted molar refractivity (Wildman–Crippen MR) is 69.4 cm³/mol. The number of carboxylic acid groups (broad SMARTS) is 1. The van der Waals surface area contributed by atoms with Gasteiger partial charge in [-0.2, -0.15) is 0 Å². The Morgan fingerprint density at radius 3 is 2.53 bits per heavy atom. The van der Waals surface area contributed by atoms with Crippen molar-refractivity contribution in [3.05, 3.63) is 21.9 Å². The van der Waals surface area contributed by atoms with Gasteiger partial charge in [-0.05, 0) is 25.0 Å². The summed E-state index contributed by atoms with van der Waals surface area (Å²) < 4.78 is 0. The first-order valence-electron chi connectivity index (χ1n) is 5.97. The summed E-state index contributed by atoms with van der Waals surface area (Å²) in [7, 11) is 0. The first kappa shape index (κ1) is 13.5. The average Bonchev–Trinajstić information content (AvgIpc) is 3.01. The molecule has 0 bridgehead atoms. The summed E-state index contributed by atoms with van der Waals surface area (Å²) in [5.74, 6) is -1.47. The number of rotatable bonds is 6. The van der Waals surface area contributed by atoms with E-state index in [2.05, 4.69) is 10.6 Å². The molecule has 1 saturated carbocycles. The van der Waals surface area contributed by atoms with Crippen LogP contribution < -0.4 is 10.6 Å². The lowest BCUT2D eigenvalue weighted by Gasteiger charge is -2.04. The number of carbonyl (C=O) groups is 3. The number of hydrogen-bond donors (Lipinski definition) is 3. The van der Waals surface area contributed by atoms with Crippen molar-refractivity contribution in [2.24, 2.45) is 0 Å². The molecule has 1 aromatic heterocycles. The van der Waals surface area contributed by atoms with E-state index in [0.717, 1.165) is 24.2 Å². The quantitative estimate of drug-likeness (QED) is 0.720. The molecular weight excluding hydrogens is 268 g/mol. The molecule has 1 aliphatic rings. The third kappa shape index (κ3) is 4.06. The molecule has 1 fully saturated rings. The normalized spacial score (nSPS) is 13.9. The van der Waals surface area contributed by atoms with Crippen molar-refractivity contribution in [1.29, 1.82) is 0 Å². The fourth-order valence-electron chi connectivity index (χ4n) is 1.48. The van der Waals surface area contributed by atoms with Crippen LogP contribution in [-0.4, -0.2) is 35.5 Å². The van der Waals surface area contributed by atoms with Gasteiger partial charge in [0.15, 0.2) is 0 Å². The van der Waals surface area contributed by atoms with Crippen LogP contribution >= 0.6 is 11.3 Å². The largest absolute Gasteiger partial charge is 0.477 e. The Morgan fingerprint density at radius 1 is 1.26 bits per heavy atom. The molecule has 0 unspecified atom stereocenters. The number of hydrogen-bond acceptors (Lipinski definition) is 4. The van der Waals surface area contributed by atoms with Gasteiger partial charge in [-0.25, -0.2) is 4.79 Å². The van der Waals surface area contributed by atoms with Crippen LogP contribution in [0.15, 0.2) is 12.1 Å². The summed E-state index contributed by atoms with van der Waals surface area (Å²) in [5, 5.41) is 14.2. The van der Waals surface area contributed by atoms with Crippen LogP contribution in [0.3, 0.4) is 0 Å². The average molecular weight is 282 g/mol. The Labute approximate surface area is 113 Å². The Hall–Kier alpha value is -1.89. The number of nitrogens with one attached hydrogen (secondary N) is 2. The van der Waals surface area contributed by atoms with E-state index in [1.807, 2.05) is 0 Å². The minimum atomic E-state index is -1.05. The summed E-state index contributed by atoms with van der Waals surface area (Å²) in [4.78, 5) is 34.2. The molecule has 1 aromatic rings. The molecule has 2 amide bonds. The molecule has 0 aromatic carbocycles. The summed E-state index contributed by atoms with van der Waals surface area (Å²) in [6.45, 7) is 0.248. The molecule has 0 spiro atoms. The molecule has 7 heteroatoms. The van der Waals surface area contributed by atoms with E-state index in [1.165, 1.54) is 12.1 Å². The van der Waals surface area contributed by atoms with E-state index in [1.54, 1.807) is 0 Å². The van der Waals surface area contributed by atoms with Crippen molar-refractivity contribution in [2.75, 3.05) is 6.54 Å². The lowest BCUT2D eigenvalue weighted by atomic mass is 10.3. The van der Waals surface area contributed by atoms with Gasteiger partial charge in [0.1, 0.15) is 4.88 Å². The van der Waals surface area contributed by atoms with Crippen molar-refractivity contribution in [3.63, 3.8) is 0 Å². The molecule has 19 heavy (non-hydrogen) atoms. The van der Waals surface area contributed by atoms with Gasteiger partial charge in [0.05, 0.1) is 4.88 Å². The van der Waals surface area contributed by atoms with Crippen LogP contribution in [0.2, 0.25) is 0 Å². The monoisotopic (exact) mass is 282 g/mol. The standard InChI is InChI=1S/C12H14N2O4S/c15-10(14-7-1-2-7)5-6-13-11(16)8-3-4-9(19-8)12(17)18/h3-4,7H,1-2,5-6H2,(H,13,16)(H,14,15)(H,17,18). The third-order valence-corrected chi connectivity index (χ3v) is 3.69. The smallest absolute Gasteiger partial charge is 0.345 e. The summed E-state index contributed by atoms with van der Waals surface area (Å²) in [5.41, 5.74) is 0. The van der Waals surface area contributed by atoms with Crippen molar-refractivity contribution >= 4 is 29.1 Å². The lowest BCUT2D eigenvalue weighted by Crippen LogP contribution is -2.31. The minimum absolute atomic E-state index is 0.0693. The maximum Gasteiger partial charge on any atom is 0.345 e. The molecule has 102 valence electrons. The van der Waals surface area contributed by atoms with Gasteiger partial charge < -0.3 is 15.7 Å². The van der Waals surface area contributed by atoms with E-state index >= 15 is 0 Å². The zero-order valence-electron chi connectivity index (χ0n) is 10.1. The Kier molecular flexibility index (Phi) is 4.16. The van der Waals surface area contributed by atoms with Crippen LogP contribution in [0, 0.1) is 0 Å². The molecular formula is C12H14N2O4S. The van der Waals surface area contributed by atoms with Crippen LogP contribution in [0.25, 0.3) is 0 Å². The SMILES string of the molecule is O=C(CCNC(=O)c1ccc(C(=O)O)s1)NC1CC1. The maximum atomic E-state index is 11.7. The zero-order valence-corrected chi connectivity index (χ0v) is 11.0. The van der Waals surface area contributed by atoms with Crippen LogP contribution in [0.4, 0.5) is 0 Å². The number of carboxylic acids is 1. The van der Waals surface area contributed by atoms with Crippen LogP contribution in [0.1, 0.15) is 38.6 Å². The van der Waals surface area contributed by atoms with Gasteiger partial charge >= 0.3 is 5.97 Å². The van der Waals surface area contributed by atoms with E-state index in [0.29, 0.717) is 10.9 Å². The molecule has 6 nitrogen and oxygen atoms in total. The highest BCUT2D eigenvalue weighted by Gasteiger charge is 2.22. The highest BCUT2D eigenvalue weighted by molar-refractivity contribution is 7.15. The summed E-state index contributed by atoms with van der Waals surface area (Å²) >= 11 is 0.916. The molecule has 1 aliphatic carbocycles. The lowest BCUT2D eigenvalue weighted by molar-refractivity contribution is -0.121. The number of amides is 2.